The van der Waals surface area contributed by atoms with Crippen LogP contribution in [0, 0.1) is 0 Å². The predicted molar refractivity (Wildman–Crippen MR) is 106 cm³/mol. The van der Waals surface area contributed by atoms with Gasteiger partial charge in [-0.1, -0.05) is 24.3 Å². The maximum Gasteiger partial charge on any atom is 0.414 e. The molecule has 8 nitrogen and oxygen atoms in total. The first-order chi connectivity index (χ1) is 13.6. The molecule has 140 valence electrons. The highest BCUT2D eigenvalue weighted by Crippen LogP contribution is 2.31. The monoisotopic (exact) mass is 375 g/mol. The molecule has 1 fully saturated rings. The van der Waals surface area contributed by atoms with E-state index in [0.717, 1.165) is 35.7 Å². The lowest BCUT2D eigenvalue weighted by atomic mass is 9.92. The van der Waals surface area contributed by atoms with Crippen molar-refractivity contribution in [2.75, 3.05) is 4.90 Å². The number of rotatable bonds is 3. The number of nitrogens with one attached hydrogen (secondary N) is 2. The minimum Gasteiger partial charge on any atom is -0.465 e. The van der Waals surface area contributed by atoms with E-state index in [1.54, 1.807) is 6.07 Å². The fourth-order valence-corrected chi connectivity index (χ4v) is 3.66. The summed E-state index contributed by atoms with van der Waals surface area (Å²) in [6, 6.07) is 12.8. The third-order valence-corrected chi connectivity index (χ3v) is 5.31. The number of anilines is 1. The molecule has 0 spiro atoms. The van der Waals surface area contributed by atoms with Gasteiger partial charge in [0.05, 0.1) is 22.1 Å². The molecule has 0 atom stereocenters. The van der Waals surface area contributed by atoms with E-state index in [9.17, 15) is 14.7 Å². The van der Waals surface area contributed by atoms with Crippen molar-refractivity contribution in [3.05, 3.63) is 52.8 Å². The molecule has 1 aliphatic rings. The lowest BCUT2D eigenvalue weighted by Crippen LogP contribution is -2.44. The van der Waals surface area contributed by atoms with Crippen molar-refractivity contribution in [1.82, 2.24) is 20.2 Å². The zero-order valence-corrected chi connectivity index (χ0v) is 14.8. The summed E-state index contributed by atoms with van der Waals surface area (Å²) in [5.41, 5.74) is 2.62. The standard InChI is InChI=1S/C20H17N5O3/c26-18-14-7-2-1-6-13(14)17(23-24-18)11-8-9-15-16(10-11)22-19(21-15)25(20(27)28)12-4-3-5-12/h1-2,6-10,12H,3-5H2,(H,21,22)(H,24,26)(H,27,28). The SMILES string of the molecule is O=C(O)N(c1nc2ccc(-c3n[nH]c(=O)c4ccccc34)cc2[nH]1)C1CCC1. The normalized spacial score (nSPS) is 14.3. The number of aromatic amines is 2. The summed E-state index contributed by atoms with van der Waals surface area (Å²) in [5.74, 6) is 0.337. The number of aromatic nitrogens is 4. The van der Waals surface area contributed by atoms with Crippen LogP contribution in [0.1, 0.15) is 19.3 Å². The van der Waals surface area contributed by atoms with Crippen LogP contribution in [0.3, 0.4) is 0 Å². The van der Waals surface area contributed by atoms with Crippen molar-refractivity contribution in [3.8, 4) is 11.3 Å². The van der Waals surface area contributed by atoms with E-state index in [2.05, 4.69) is 20.2 Å². The first kappa shape index (κ1) is 16.5. The van der Waals surface area contributed by atoms with Crippen LogP contribution in [0.25, 0.3) is 33.1 Å². The summed E-state index contributed by atoms with van der Waals surface area (Å²) < 4.78 is 0. The Bertz CT molecular complexity index is 1270. The summed E-state index contributed by atoms with van der Waals surface area (Å²) >= 11 is 0. The Hall–Kier alpha value is -3.68. The van der Waals surface area contributed by atoms with Crippen LogP contribution in [-0.4, -0.2) is 37.4 Å². The van der Waals surface area contributed by atoms with E-state index >= 15 is 0 Å². The van der Waals surface area contributed by atoms with E-state index in [4.69, 9.17) is 0 Å². The number of imidazole rings is 1. The summed E-state index contributed by atoms with van der Waals surface area (Å²) in [5, 5.41) is 17.7. The van der Waals surface area contributed by atoms with Gasteiger partial charge in [0.15, 0.2) is 0 Å². The van der Waals surface area contributed by atoms with E-state index < -0.39 is 6.09 Å². The molecular weight excluding hydrogens is 358 g/mol. The smallest absolute Gasteiger partial charge is 0.414 e. The first-order valence-corrected chi connectivity index (χ1v) is 9.11. The van der Waals surface area contributed by atoms with Crippen molar-refractivity contribution >= 4 is 33.8 Å². The molecule has 2 aromatic heterocycles. The molecular formula is C20H17N5O3. The molecule has 28 heavy (non-hydrogen) atoms. The molecule has 5 rings (SSSR count). The summed E-state index contributed by atoms with van der Waals surface area (Å²) in [4.78, 5) is 32.6. The number of carboxylic acid groups (broad SMARTS) is 1. The number of H-pyrrole nitrogens is 2. The Morgan fingerprint density at radius 2 is 1.93 bits per heavy atom. The molecule has 0 aliphatic heterocycles. The lowest BCUT2D eigenvalue weighted by molar-refractivity contribution is 0.193. The van der Waals surface area contributed by atoms with Crippen LogP contribution < -0.4 is 10.5 Å². The van der Waals surface area contributed by atoms with Crippen LogP contribution in [0.4, 0.5) is 10.7 Å². The fraction of sp³-hybridized carbons (Fsp3) is 0.200. The molecule has 3 N–H and O–H groups in total. The Kier molecular flexibility index (Phi) is 3.65. The zero-order valence-electron chi connectivity index (χ0n) is 14.8. The number of nitrogens with zero attached hydrogens (tertiary/aromatic N) is 3. The van der Waals surface area contributed by atoms with Crippen LogP contribution in [0.2, 0.25) is 0 Å². The summed E-state index contributed by atoms with van der Waals surface area (Å²) in [7, 11) is 0. The largest absolute Gasteiger partial charge is 0.465 e. The van der Waals surface area contributed by atoms with Gasteiger partial charge in [-0.25, -0.2) is 19.8 Å². The number of amides is 1. The van der Waals surface area contributed by atoms with Gasteiger partial charge in [0.25, 0.3) is 5.56 Å². The third-order valence-electron chi connectivity index (χ3n) is 5.31. The Labute approximate surface area is 158 Å². The van der Waals surface area contributed by atoms with Gasteiger partial charge in [-0.2, -0.15) is 5.10 Å². The molecule has 1 aliphatic carbocycles. The predicted octanol–water partition coefficient (Wildman–Crippen LogP) is 3.50. The second kappa shape index (κ2) is 6.19. The van der Waals surface area contributed by atoms with Crippen molar-refractivity contribution in [2.45, 2.75) is 25.3 Å². The second-order valence-electron chi connectivity index (χ2n) is 6.98. The van der Waals surface area contributed by atoms with Gasteiger partial charge < -0.3 is 10.1 Å². The Balaban J connectivity index is 1.62. The molecule has 8 heteroatoms. The maximum absolute atomic E-state index is 12.0. The van der Waals surface area contributed by atoms with Gasteiger partial charge in [-0.05, 0) is 37.5 Å². The molecule has 0 saturated heterocycles. The van der Waals surface area contributed by atoms with Crippen LogP contribution in [-0.2, 0) is 0 Å². The lowest BCUT2D eigenvalue weighted by Gasteiger charge is -2.33. The summed E-state index contributed by atoms with van der Waals surface area (Å²) in [6.45, 7) is 0. The van der Waals surface area contributed by atoms with Crippen molar-refractivity contribution in [1.29, 1.82) is 0 Å². The highest BCUT2D eigenvalue weighted by molar-refractivity contribution is 5.96. The van der Waals surface area contributed by atoms with Crippen LogP contribution in [0.5, 0.6) is 0 Å². The van der Waals surface area contributed by atoms with E-state index in [1.165, 1.54) is 4.90 Å². The number of fused-ring (bicyclic) bond motifs is 2. The average Bonchev–Trinajstić information content (AvgIpc) is 3.07. The summed E-state index contributed by atoms with van der Waals surface area (Å²) in [6.07, 6.45) is 1.73. The molecule has 0 bridgehead atoms. The minimum atomic E-state index is -1.00. The first-order valence-electron chi connectivity index (χ1n) is 9.11. The van der Waals surface area contributed by atoms with Crippen molar-refractivity contribution in [2.24, 2.45) is 0 Å². The zero-order chi connectivity index (χ0) is 19.3. The molecule has 4 aromatic rings. The molecule has 2 heterocycles. The fourth-order valence-electron chi connectivity index (χ4n) is 3.66. The number of carbonyl (C=O) groups is 1. The van der Waals surface area contributed by atoms with Crippen LogP contribution in [0.15, 0.2) is 47.3 Å². The van der Waals surface area contributed by atoms with E-state index in [0.29, 0.717) is 22.5 Å². The van der Waals surface area contributed by atoms with Crippen LogP contribution >= 0.6 is 0 Å². The maximum atomic E-state index is 12.0. The number of benzene rings is 2. The molecule has 0 radical (unpaired) electrons. The Morgan fingerprint density at radius 1 is 1.14 bits per heavy atom. The van der Waals surface area contributed by atoms with Gasteiger partial charge in [-0.15, -0.1) is 0 Å². The van der Waals surface area contributed by atoms with Crippen molar-refractivity contribution in [3.63, 3.8) is 0 Å². The number of hydrogen-bond donors (Lipinski definition) is 3. The quantitative estimate of drug-likeness (QED) is 0.507. The molecule has 1 saturated carbocycles. The van der Waals surface area contributed by atoms with Crippen molar-refractivity contribution < 1.29 is 9.90 Å². The highest BCUT2D eigenvalue weighted by atomic mass is 16.4. The van der Waals surface area contributed by atoms with Gasteiger partial charge >= 0.3 is 6.09 Å². The highest BCUT2D eigenvalue weighted by Gasteiger charge is 2.32. The molecule has 1 amide bonds. The number of hydrogen-bond acceptors (Lipinski definition) is 4. The second-order valence-corrected chi connectivity index (χ2v) is 6.98. The molecule has 0 unspecified atom stereocenters. The minimum absolute atomic E-state index is 0.0256. The van der Waals surface area contributed by atoms with E-state index in [-0.39, 0.29) is 11.6 Å². The van der Waals surface area contributed by atoms with Gasteiger partial charge in [0, 0.05) is 17.0 Å². The van der Waals surface area contributed by atoms with E-state index in [1.807, 2.05) is 36.4 Å². The molecule has 2 aromatic carbocycles. The Morgan fingerprint density at radius 3 is 2.64 bits per heavy atom. The third kappa shape index (κ3) is 2.53. The van der Waals surface area contributed by atoms with Gasteiger partial charge in [0.2, 0.25) is 5.95 Å². The average molecular weight is 375 g/mol. The van der Waals surface area contributed by atoms with Gasteiger partial charge in [0.1, 0.15) is 0 Å². The van der Waals surface area contributed by atoms with Gasteiger partial charge in [-0.3, -0.25) is 4.79 Å². The topological polar surface area (TPSA) is 115 Å².